The maximum atomic E-state index is 8.74. The van der Waals surface area contributed by atoms with Gasteiger partial charge in [0.2, 0.25) is 0 Å². The first-order valence-corrected chi connectivity index (χ1v) is 6.48. The minimum Gasteiger partial charge on any atom is -0.308 e. The monoisotopic (exact) mass is 234 g/mol. The Balaban J connectivity index is 1.93. The van der Waals surface area contributed by atoms with E-state index in [-0.39, 0.29) is 0 Å². The molecule has 1 aliphatic carbocycles. The Morgan fingerprint density at radius 2 is 2.00 bits per heavy atom. The fraction of sp³-hybridized carbons (Fsp3) is 0.615. The van der Waals surface area contributed by atoms with Gasteiger partial charge in [0.1, 0.15) is 6.07 Å². The Morgan fingerprint density at radius 1 is 1.38 bits per heavy atom. The zero-order valence-corrected chi connectivity index (χ0v) is 11.1. The summed E-state index contributed by atoms with van der Waals surface area (Å²) in [7, 11) is 0. The molecule has 0 saturated heterocycles. The van der Waals surface area contributed by atoms with Crippen LogP contribution in [0, 0.1) is 22.2 Å². The van der Waals surface area contributed by atoms with E-state index in [2.05, 4.69) is 39.1 Å². The lowest BCUT2D eigenvalue weighted by molar-refractivity contribution is 0.457. The van der Waals surface area contributed by atoms with Gasteiger partial charge < -0.3 is 5.32 Å². The molecule has 0 atom stereocenters. The molecule has 0 aromatic carbocycles. The summed E-state index contributed by atoms with van der Waals surface area (Å²) in [5.74, 6) is 0. The molecule has 0 spiro atoms. The highest BCUT2D eigenvalue weighted by atomic mass is 32.1. The summed E-state index contributed by atoms with van der Waals surface area (Å²) in [4.78, 5) is 1.25. The molecule has 1 aromatic heterocycles. The van der Waals surface area contributed by atoms with Crippen LogP contribution in [0.15, 0.2) is 11.4 Å². The Labute approximate surface area is 101 Å². The average Bonchev–Trinajstić information content (AvgIpc) is 2.60. The Hall–Kier alpha value is -0.850. The van der Waals surface area contributed by atoms with Crippen molar-refractivity contribution in [1.29, 1.82) is 5.26 Å². The summed E-state index contributed by atoms with van der Waals surface area (Å²) in [5.41, 5.74) is 1.53. The first kappa shape index (κ1) is 11.6. The number of thiophene rings is 1. The van der Waals surface area contributed by atoms with Crippen molar-refractivity contribution in [3.8, 4) is 6.07 Å². The van der Waals surface area contributed by atoms with Crippen molar-refractivity contribution in [3.05, 3.63) is 21.9 Å². The number of nitriles is 1. The zero-order chi connectivity index (χ0) is 12.0. The molecule has 0 radical (unpaired) electrons. The van der Waals surface area contributed by atoms with Gasteiger partial charge in [0, 0.05) is 22.8 Å². The zero-order valence-electron chi connectivity index (χ0n) is 10.3. The number of nitrogens with one attached hydrogen (secondary N) is 1. The van der Waals surface area contributed by atoms with Crippen molar-refractivity contribution < 1.29 is 0 Å². The van der Waals surface area contributed by atoms with E-state index in [4.69, 9.17) is 5.26 Å². The van der Waals surface area contributed by atoms with Gasteiger partial charge in [-0.15, -0.1) is 11.3 Å². The van der Waals surface area contributed by atoms with E-state index in [1.54, 1.807) is 11.3 Å². The number of rotatable bonds is 3. The van der Waals surface area contributed by atoms with Crippen LogP contribution in [0.3, 0.4) is 0 Å². The summed E-state index contributed by atoms with van der Waals surface area (Å²) < 4.78 is 0. The highest BCUT2D eigenvalue weighted by Gasteiger charge is 2.64. The second-order valence-corrected chi connectivity index (χ2v) is 6.67. The van der Waals surface area contributed by atoms with Gasteiger partial charge in [0.25, 0.3) is 0 Å². The highest BCUT2D eigenvalue weighted by molar-refractivity contribution is 7.10. The molecule has 16 heavy (non-hydrogen) atoms. The molecule has 1 aliphatic rings. The lowest BCUT2D eigenvalue weighted by Gasteiger charge is -2.03. The third-order valence-corrected chi connectivity index (χ3v) is 5.22. The van der Waals surface area contributed by atoms with Crippen LogP contribution in [0.4, 0.5) is 0 Å². The summed E-state index contributed by atoms with van der Waals surface area (Å²) in [6, 6.07) is 4.71. The van der Waals surface area contributed by atoms with E-state index >= 15 is 0 Å². The quantitative estimate of drug-likeness (QED) is 0.872. The van der Waals surface area contributed by atoms with E-state index in [1.165, 1.54) is 4.88 Å². The van der Waals surface area contributed by atoms with Crippen LogP contribution < -0.4 is 5.32 Å². The molecule has 2 nitrogen and oxygen atoms in total. The van der Waals surface area contributed by atoms with Crippen molar-refractivity contribution in [2.24, 2.45) is 10.8 Å². The van der Waals surface area contributed by atoms with Gasteiger partial charge in [-0.25, -0.2) is 0 Å². The van der Waals surface area contributed by atoms with Crippen LogP contribution in [0.5, 0.6) is 0 Å². The van der Waals surface area contributed by atoms with E-state index in [1.807, 2.05) is 11.4 Å². The predicted molar refractivity (Wildman–Crippen MR) is 67.2 cm³/mol. The predicted octanol–water partition coefficient (Wildman–Crippen LogP) is 3.14. The maximum absolute atomic E-state index is 8.74. The third-order valence-electron chi connectivity index (χ3n) is 4.28. The van der Waals surface area contributed by atoms with Gasteiger partial charge in [-0.05, 0) is 16.9 Å². The van der Waals surface area contributed by atoms with E-state index in [0.717, 1.165) is 12.1 Å². The van der Waals surface area contributed by atoms with Crippen molar-refractivity contribution in [2.75, 3.05) is 0 Å². The molecule has 1 saturated carbocycles. The summed E-state index contributed by atoms with van der Waals surface area (Å²) in [6.45, 7) is 10.1. The maximum Gasteiger partial charge on any atom is 0.100 e. The third kappa shape index (κ3) is 1.66. The molecule has 0 aliphatic heterocycles. The van der Waals surface area contributed by atoms with Crippen molar-refractivity contribution in [3.63, 3.8) is 0 Å². The molecule has 1 fully saturated rings. The van der Waals surface area contributed by atoms with Gasteiger partial charge in [0.15, 0.2) is 0 Å². The molecule has 0 unspecified atom stereocenters. The van der Waals surface area contributed by atoms with Crippen LogP contribution in [-0.2, 0) is 6.54 Å². The smallest absolute Gasteiger partial charge is 0.100 e. The van der Waals surface area contributed by atoms with Crippen LogP contribution >= 0.6 is 11.3 Å². The van der Waals surface area contributed by atoms with Crippen LogP contribution in [0.2, 0.25) is 0 Å². The minimum absolute atomic E-state index is 0.377. The van der Waals surface area contributed by atoms with Gasteiger partial charge in [-0.3, -0.25) is 0 Å². The standard InChI is InChI=1S/C13H18N2S/c1-12(2)11(13(12,3)4)15-7-10-5-9(6-14)8-16-10/h5,8,11,15H,7H2,1-4H3. The molecule has 0 amide bonds. The summed E-state index contributed by atoms with van der Waals surface area (Å²) in [6.07, 6.45) is 0. The van der Waals surface area contributed by atoms with Gasteiger partial charge in [-0.2, -0.15) is 5.26 Å². The molecule has 1 N–H and O–H groups in total. The second kappa shape index (κ2) is 3.58. The Bertz CT molecular complexity index is 423. The van der Waals surface area contributed by atoms with Crippen LogP contribution in [0.1, 0.15) is 38.1 Å². The molecule has 0 bridgehead atoms. The molecule has 86 valence electrons. The number of nitrogens with zero attached hydrogens (tertiary/aromatic N) is 1. The summed E-state index contributed by atoms with van der Waals surface area (Å²) in [5, 5.41) is 14.3. The van der Waals surface area contributed by atoms with Gasteiger partial charge in [0.05, 0.1) is 5.56 Å². The number of hydrogen-bond donors (Lipinski definition) is 1. The minimum atomic E-state index is 0.377. The Kier molecular flexibility index (Phi) is 2.60. The van der Waals surface area contributed by atoms with Crippen molar-refractivity contribution in [2.45, 2.75) is 40.3 Å². The van der Waals surface area contributed by atoms with E-state index < -0.39 is 0 Å². The van der Waals surface area contributed by atoms with Crippen molar-refractivity contribution >= 4 is 11.3 Å². The average molecular weight is 234 g/mol. The van der Waals surface area contributed by atoms with E-state index in [0.29, 0.717) is 16.9 Å². The largest absolute Gasteiger partial charge is 0.308 e. The second-order valence-electron chi connectivity index (χ2n) is 5.67. The fourth-order valence-electron chi connectivity index (χ4n) is 2.44. The Morgan fingerprint density at radius 3 is 2.44 bits per heavy atom. The molecular weight excluding hydrogens is 216 g/mol. The normalized spacial score (nSPS) is 21.7. The fourth-order valence-corrected chi connectivity index (χ4v) is 3.20. The molecule has 3 heteroatoms. The first-order valence-electron chi connectivity index (χ1n) is 5.60. The molecule has 1 aromatic rings. The van der Waals surface area contributed by atoms with Crippen LogP contribution in [0.25, 0.3) is 0 Å². The SMILES string of the molecule is CC1(C)C(NCc2cc(C#N)cs2)C1(C)C. The summed E-state index contributed by atoms with van der Waals surface area (Å²) >= 11 is 1.66. The molecule has 2 rings (SSSR count). The topological polar surface area (TPSA) is 35.8 Å². The highest BCUT2D eigenvalue weighted by Crippen LogP contribution is 2.62. The van der Waals surface area contributed by atoms with Gasteiger partial charge in [-0.1, -0.05) is 27.7 Å². The van der Waals surface area contributed by atoms with E-state index in [9.17, 15) is 0 Å². The van der Waals surface area contributed by atoms with Crippen LogP contribution in [-0.4, -0.2) is 6.04 Å². The molecule has 1 heterocycles. The lowest BCUT2D eigenvalue weighted by Crippen LogP contribution is -2.21. The lowest BCUT2D eigenvalue weighted by atomic mass is 10.0. The molecular formula is C13H18N2S. The van der Waals surface area contributed by atoms with Crippen molar-refractivity contribution in [1.82, 2.24) is 5.32 Å². The first-order chi connectivity index (χ1) is 7.39. The number of hydrogen-bond acceptors (Lipinski definition) is 3. The van der Waals surface area contributed by atoms with Gasteiger partial charge >= 0.3 is 0 Å².